The van der Waals surface area contributed by atoms with Crippen molar-refractivity contribution >= 4 is 11.0 Å². The van der Waals surface area contributed by atoms with Crippen molar-refractivity contribution < 1.29 is 4.74 Å². The summed E-state index contributed by atoms with van der Waals surface area (Å²) in [6.45, 7) is 9.38. The van der Waals surface area contributed by atoms with Gasteiger partial charge in [-0.3, -0.25) is 9.13 Å². The summed E-state index contributed by atoms with van der Waals surface area (Å²) < 4.78 is 9.71. The van der Waals surface area contributed by atoms with Crippen LogP contribution in [0, 0.1) is 13.8 Å². The van der Waals surface area contributed by atoms with Gasteiger partial charge < -0.3 is 9.64 Å². The van der Waals surface area contributed by atoms with Crippen molar-refractivity contribution in [2.45, 2.75) is 77.5 Å². The molecule has 4 rings (SSSR count). The fraction of sp³-hybridized carbons (Fsp3) is 0.696. The molecule has 1 aromatic heterocycles. The Morgan fingerprint density at radius 2 is 1.54 bits per heavy atom. The van der Waals surface area contributed by atoms with Crippen molar-refractivity contribution in [1.29, 1.82) is 0 Å². The Balaban J connectivity index is 1.47. The summed E-state index contributed by atoms with van der Waals surface area (Å²) in [7, 11) is 1.90. The second kappa shape index (κ2) is 8.03. The first-order valence-corrected chi connectivity index (χ1v) is 11.0. The number of hydrogen-bond acceptors (Lipinski definition) is 3. The van der Waals surface area contributed by atoms with Crippen LogP contribution in [-0.4, -0.2) is 45.9 Å². The van der Waals surface area contributed by atoms with Crippen LogP contribution in [0.15, 0.2) is 16.9 Å². The third-order valence-corrected chi connectivity index (χ3v) is 7.13. The lowest BCUT2D eigenvalue weighted by Gasteiger charge is -2.41. The lowest BCUT2D eigenvalue weighted by atomic mass is 9.90. The maximum Gasteiger partial charge on any atom is 0.329 e. The number of ether oxygens (including phenoxy) is 1. The predicted octanol–water partition coefficient (Wildman–Crippen LogP) is 3.94. The topological polar surface area (TPSA) is 39.4 Å². The lowest BCUT2D eigenvalue weighted by molar-refractivity contribution is 0.00795. The summed E-state index contributed by atoms with van der Waals surface area (Å²) in [6, 6.07) is 5.38. The highest BCUT2D eigenvalue weighted by Gasteiger charge is 2.31. The maximum atomic E-state index is 13.0. The van der Waals surface area contributed by atoms with E-state index in [0.717, 1.165) is 43.6 Å². The van der Waals surface area contributed by atoms with Gasteiger partial charge >= 0.3 is 5.69 Å². The zero-order valence-electron chi connectivity index (χ0n) is 17.9. The first kappa shape index (κ1) is 19.7. The average Bonchev–Trinajstić information content (AvgIpc) is 2.94. The molecule has 1 saturated carbocycles. The molecule has 0 amide bonds. The highest BCUT2D eigenvalue weighted by atomic mass is 16.5. The Bertz CT molecular complexity index is 881. The molecule has 2 aromatic rings. The molecule has 2 aliphatic rings. The van der Waals surface area contributed by atoms with E-state index < -0.39 is 0 Å². The molecule has 0 unspecified atom stereocenters. The number of hydrogen-bond donors (Lipinski definition) is 0. The molecule has 2 heterocycles. The minimum Gasteiger partial charge on any atom is -0.379 e. The molecule has 1 aromatic carbocycles. The largest absolute Gasteiger partial charge is 0.379 e. The molecule has 0 atom stereocenters. The second-order valence-corrected chi connectivity index (χ2v) is 8.79. The Morgan fingerprint density at radius 3 is 2.14 bits per heavy atom. The van der Waals surface area contributed by atoms with Crippen LogP contribution in [-0.2, 0) is 11.8 Å². The third kappa shape index (κ3) is 3.55. The minimum atomic E-state index is 0.135. The second-order valence-electron chi connectivity index (χ2n) is 8.79. The van der Waals surface area contributed by atoms with E-state index in [4.69, 9.17) is 4.74 Å². The Morgan fingerprint density at radius 1 is 0.929 bits per heavy atom. The fourth-order valence-electron chi connectivity index (χ4n) is 5.29. The number of imidazole rings is 1. The number of rotatable bonds is 4. The average molecular weight is 386 g/mol. The van der Waals surface area contributed by atoms with Crippen molar-refractivity contribution in [3.8, 4) is 0 Å². The smallest absolute Gasteiger partial charge is 0.329 e. The van der Waals surface area contributed by atoms with E-state index in [1.54, 1.807) is 0 Å². The molecule has 2 fully saturated rings. The van der Waals surface area contributed by atoms with Crippen LogP contribution < -0.4 is 5.69 Å². The Labute approximate surface area is 168 Å². The summed E-state index contributed by atoms with van der Waals surface area (Å²) in [5, 5.41) is 0. The van der Waals surface area contributed by atoms with E-state index in [1.807, 2.05) is 11.6 Å². The first-order valence-electron chi connectivity index (χ1n) is 11.0. The lowest BCUT2D eigenvalue weighted by Crippen LogP contribution is -2.45. The summed E-state index contributed by atoms with van der Waals surface area (Å²) in [5.41, 5.74) is 4.81. The van der Waals surface area contributed by atoms with Gasteiger partial charge in [-0.05, 0) is 82.6 Å². The van der Waals surface area contributed by atoms with Crippen molar-refractivity contribution in [1.82, 2.24) is 14.0 Å². The highest BCUT2D eigenvalue weighted by molar-refractivity contribution is 5.78. The van der Waals surface area contributed by atoms with Gasteiger partial charge in [0.2, 0.25) is 0 Å². The van der Waals surface area contributed by atoms with E-state index in [0.29, 0.717) is 18.2 Å². The Kier molecular flexibility index (Phi) is 5.66. The fourth-order valence-corrected chi connectivity index (χ4v) is 5.29. The Hall–Kier alpha value is -1.59. The molecule has 5 heteroatoms. The standard InChI is InChI=1S/C23H35N3O2/c1-5-28-20-8-6-18(7-9-20)25-12-10-19(11-13-25)26-22-15-17(3)16(2)14-21(22)24(4)23(26)27/h14-15,18-20H,5-13H2,1-4H3/t18-,20+. The number of piperidine rings is 1. The molecule has 28 heavy (non-hydrogen) atoms. The van der Waals surface area contributed by atoms with Crippen molar-refractivity contribution in [3.05, 3.63) is 33.7 Å². The molecule has 0 radical (unpaired) electrons. The van der Waals surface area contributed by atoms with E-state index in [-0.39, 0.29) is 5.69 Å². The summed E-state index contributed by atoms with van der Waals surface area (Å²) in [6.07, 6.45) is 7.50. The van der Waals surface area contributed by atoms with Gasteiger partial charge in [-0.1, -0.05) is 0 Å². The van der Waals surface area contributed by atoms with Gasteiger partial charge in [0.05, 0.1) is 17.1 Å². The van der Waals surface area contributed by atoms with Crippen LogP contribution >= 0.6 is 0 Å². The number of fused-ring (bicyclic) bond motifs is 1. The normalized spacial score (nSPS) is 24.9. The zero-order valence-corrected chi connectivity index (χ0v) is 17.9. The van der Waals surface area contributed by atoms with Crippen molar-refractivity contribution in [3.63, 3.8) is 0 Å². The van der Waals surface area contributed by atoms with Gasteiger partial charge in [-0.2, -0.15) is 0 Å². The molecule has 0 N–H and O–H groups in total. The van der Waals surface area contributed by atoms with Crippen LogP contribution in [0.4, 0.5) is 0 Å². The number of aromatic nitrogens is 2. The SMILES string of the molecule is CCO[C@H]1CC[C@@H](N2CCC(n3c(=O)n(C)c4cc(C)c(C)cc43)CC2)CC1. The number of aryl methyl sites for hydroxylation is 3. The third-order valence-electron chi connectivity index (χ3n) is 7.13. The first-order chi connectivity index (χ1) is 13.5. The highest BCUT2D eigenvalue weighted by Crippen LogP contribution is 2.31. The quantitative estimate of drug-likeness (QED) is 0.800. The maximum absolute atomic E-state index is 13.0. The van der Waals surface area contributed by atoms with Gasteiger partial charge in [-0.15, -0.1) is 0 Å². The minimum absolute atomic E-state index is 0.135. The van der Waals surface area contributed by atoms with E-state index in [2.05, 4.69) is 42.4 Å². The number of nitrogens with zero attached hydrogens (tertiary/aromatic N) is 3. The molecule has 0 spiro atoms. The van der Waals surface area contributed by atoms with E-state index in [9.17, 15) is 4.79 Å². The van der Waals surface area contributed by atoms with Crippen LogP contribution in [0.5, 0.6) is 0 Å². The van der Waals surface area contributed by atoms with Crippen LogP contribution in [0.2, 0.25) is 0 Å². The molecular weight excluding hydrogens is 350 g/mol. The number of likely N-dealkylation sites (tertiary alicyclic amines) is 1. The van der Waals surface area contributed by atoms with E-state index >= 15 is 0 Å². The van der Waals surface area contributed by atoms with Gasteiger partial charge in [0.1, 0.15) is 0 Å². The molecule has 1 aliphatic carbocycles. The van der Waals surface area contributed by atoms with Gasteiger partial charge in [0.15, 0.2) is 0 Å². The summed E-state index contributed by atoms with van der Waals surface area (Å²) >= 11 is 0. The van der Waals surface area contributed by atoms with Crippen molar-refractivity contribution in [2.75, 3.05) is 19.7 Å². The van der Waals surface area contributed by atoms with Crippen LogP contribution in [0.1, 0.15) is 62.6 Å². The summed E-state index contributed by atoms with van der Waals surface area (Å²) in [5.74, 6) is 0. The van der Waals surface area contributed by atoms with E-state index in [1.165, 1.54) is 36.8 Å². The van der Waals surface area contributed by atoms with Crippen molar-refractivity contribution in [2.24, 2.45) is 7.05 Å². The molecule has 1 aliphatic heterocycles. The molecule has 1 saturated heterocycles. The van der Waals surface area contributed by atoms with Gasteiger partial charge in [-0.25, -0.2) is 4.79 Å². The van der Waals surface area contributed by atoms with Gasteiger partial charge in [0, 0.05) is 38.8 Å². The predicted molar refractivity (Wildman–Crippen MR) is 114 cm³/mol. The summed E-state index contributed by atoms with van der Waals surface area (Å²) in [4.78, 5) is 15.7. The van der Waals surface area contributed by atoms with Crippen LogP contribution in [0.25, 0.3) is 11.0 Å². The molecule has 0 bridgehead atoms. The molecular formula is C23H35N3O2. The zero-order chi connectivity index (χ0) is 19.8. The van der Waals surface area contributed by atoms with Crippen LogP contribution in [0.3, 0.4) is 0 Å². The molecule has 154 valence electrons. The monoisotopic (exact) mass is 385 g/mol. The number of benzene rings is 1. The molecule has 5 nitrogen and oxygen atoms in total. The van der Waals surface area contributed by atoms with Gasteiger partial charge in [0.25, 0.3) is 0 Å².